The highest BCUT2D eigenvalue weighted by atomic mass is 19.1. The molecular formula is C23H30FN7O. The van der Waals surface area contributed by atoms with E-state index in [0.717, 1.165) is 55.5 Å². The number of nitrogens with zero attached hydrogens (tertiary/aromatic N) is 5. The van der Waals surface area contributed by atoms with Crippen LogP contribution in [-0.2, 0) is 11.2 Å². The third kappa shape index (κ3) is 5.60. The molecule has 0 spiro atoms. The van der Waals surface area contributed by atoms with Crippen molar-refractivity contribution in [2.45, 2.75) is 18.9 Å². The van der Waals surface area contributed by atoms with E-state index >= 15 is 0 Å². The van der Waals surface area contributed by atoms with Gasteiger partial charge in [0.2, 0.25) is 0 Å². The number of aromatic nitrogens is 3. The van der Waals surface area contributed by atoms with Crippen LogP contribution in [0.15, 0.2) is 53.7 Å². The molecule has 1 unspecified atom stereocenters. The minimum absolute atomic E-state index is 0.111. The summed E-state index contributed by atoms with van der Waals surface area (Å²) in [5.74, 6) is 1.48. The Morgan fingerprint density at radius 3 is 2.72 bits per heavy atom. The number of pyridine rings is 1. The Balaban J connectivity index is 1.29. The molecule has 0 radical (unpaired) electrons. The van der Waals surface area contributed by atoms with Gasteiger partial charge in [-0.3, -0.25) is 14.3 Å². The second-order valence-electron chi connectivity index (χ2n) is 7.74. The van der Waals surface area contributed by atoms with Gasteiger partial charge in [-0.15, -0.1) is 10.2 Å². The SMILES string of the molecule is CN=C(NCCCc1nnc2ccccn12)NCC(c1ccc(F)cc1)N1CCOCC1. The van der Waals surface area contributed by atoms with Gasteiger partial charge in [0.25, 0.3) is 0 Å². The van der Waals surface area contributed by atoms with Crippen LogP contribution in [0.3, 0.4) is 0 Å². The Bertz CT molecular complexity index is 1010. The number of guanidine groups is 1. The number of ether oxygens (including phenoxy) is 1. The molecule has 170 valence electrons. The number of hydrogen-bond acceptors (Lipinski definition) is 5. The summed E-state index contributed by atoms with van der Waals surface area (Å²) >= 11 is 0. The zero-order valence-electron chi connectivity index (χ0n) is 18.4. The largest absolute Gasteiger partial charge is 0.379 e. The summed E-state index contributed by atoms with van der Waals surface area (Å²) in [6.45, 7) is 4.55. The molecule has 3 heterocycles. The van der Waals surface area contributed by atoms with Crippen LogP contribution in [0.5, 0.6) is 0 Å². The molecule has 1 aliphatic heterocycles. The van der Waals surface area contributed by atoms with E-state index in [-0.39, 0.29) is 11.9 Å². The molecule has 1 aliphatic rings. The van der Waals surface area contributed by atoms with Crippen molar-refractivity contribution in [1.29, 1.82) is 0 Å². The molecule has 4 rings (SSSR count). The summed E-state index contributed by atoms with van der Waals surface area (Å²) in [4.78, 5) is 6.72. The fraction of sp³-hybridized carbons (Fsp3) is 0.435. The fourth-order valence-electron chi connectivity index (χ4n) is 3.96. The first-order chi connectivity index (χ1) is 15.7. The van der Waals surface area contributed by atoms with Crippen LogP contribution in [-0.4, -0.2) is 71.9 Å². The first-order valence-electron chi connectivity index (χ1n) is 11.0. The quantitative estimate of drug-likeness (QED) is 0.318. The number of aryl methyl sites for hydroxylation is 1. The smallest absolute Gasteiger partial charge is 0.191 e. The van der Waals surface area contributed by atoms with Gasteiger partial charge in [0, 0.05) is 45.8 Å². The van der Waals surface area contributed by atoms with Crippen molar-refractivity contribution in [3.05, 3.63) is 65.9 Å². The molecule has 2 N–H and O–H groups in total. The van der Waals surface area contributed by atoms with Crippen LogP contribution >= 0.6 is 0 Å². The Hall–Kier alpha value is -3.04. The molecule has 0 bridgehead atoms. The second-order valence-corrected chi connectivity index (χ2v) is 7.74. The lowest BCUT2D eigenvalue weighted by Crippen LogP contribution is -2.46. The maximum absolute atomic E-state index is 13.4. The van der Waals surface area contributed by atoms with E-state index in [0.29, 0.717) is 19.8 Å². The molecule has 1 aromatic carbocycles. The van der Waals surface area contributed by atoms with E-state index in [1.807, 2.05) is 40.9 Å². The minimum atomic E-state index is -0.222. The third-order valence-corrected chi connectivity index (χ3v) is 5.68. The molecule has 1 fully saturated rings. The Kier molecular flexibility index (Phi) is 7.63. The van der Waals surface area contributed by atoms with Crippen molar-refractivity contribution in [3.63, 3.8) is 0 Å². The van der Waals surface area contributed by atoms with Crippen molar-refractivity contribution in [3.8, 4) is 0 Å². The molecule has 0 saturated carbocycles. The lowest BCUT2D eigenvalue weighted by molar-refractivity contribution is 0.0170. The van der Waals surface area contributed by atoms with Crippen LogP contribution in [0.2, 0.25) is 0 Å². The summed E-state index contributed by atoms with van der Waals surface area (Å²) in [5, 5.41) is 15.3. The number of aliphatic imine (C=N–C) groups is 1. The highest BCUT2D eigenvalue weighted by molar-refractivity contribution is 5.79. The van der Waals surface area contributed by atoms with Crippen molar-refractivity contribution >= 4 is 11.6 Å². The zero-order chi connectivity index (χ0) is 22.2. The highest BCUT2D eigenvalue weighted by Crippen LogP contribution is 2.21. The predicted molar refractivity (Wildman–Crippen MR) is 122 cm³/mol. The Morgan fingerprint density at radius 1 is 1.12 bits per heavy atom. The van der Waals surface area contributed by atoms with Gasteiger partial charge in [0.15, 0.2) is 11.6 Å². The van der Waals surface area contributed by atoms with Crippen LogP contribution in [0, 0.1) is 5.82 Å². The second kappa shape index (κ2) is 11.0. The van der Waals surface area contributed by atoms with Gasteiger partial charge in [-0.1, -0.05) is 18.2 Å². The van der Waals surface area contributed by atoms with Gasteiger partial charge in [-0.05, 0) is 36.2 Å². The van der Waals surface area contributed by atoms with Crippen LogP contribution in [0.25, 0.3) is 5.65 Å². The molecule has 8 nitrogen and oxygen atoms in total. The van der Waals surface area contributed by atoms with Crippen molar-refractivity contribution in [2.24, 2.45) is 4.99 Å². The van der Waals surface area contributed by atoms with E-state index in [9.17, 15) is 4.39 Å². The minimum Gasteiger partial charge on any atom is -0.379 e. The first kappa shape index (κ1) is 22.2. The number of rotatable bonds is 8. The predicted octanol–water partition coefficient (Wildman–Crippen LogP) is 2.04. The summed E-state index contributed by atoms with van der Waals surface area (Å²) in [6, 6.07) is 12.8. The number of fused-ring (bicyclic) bond motifs is 1. The Labute approximate surface area is 187 Å². The molecule has 1 saturated heterocycles. The van der Waals surface area contributed by atoms with E-state index in [2.05, 4.69) is 30.7 Å². The van der Waals surface area contributed by atoms with Crippen LogP contribution in [0.1, 0.15) is 23.9 Å². The average molecular weight is 440 g/mol. The maximum atomic E-state index is 13.4. The summed E-state index contributed by atoms with van der Waals surface area (Å²) in [7, 11) is 1.77. The number of nitrogens with one attached hydrogen (secondary N) is 2. The summed E-state index contributed by atoms with van der Waals surface area (Å²) in [6.07, 6.45) is 3.71. The molecule has 32 heavy (non-hydrogen) atoms. The van der Waals surface area contributed by atoms with Crippen molar-refractivity contribution in [2.75, 3.05) is 46.4 Å². The number of morpholine rings is 1. The van der Waals surface area contributed by atoms with Crippen LogP contribution in [0.4, 0.5) is 4.39 Å². The Morgan fingerprint density at radius 2 is 1.94 bits per heavy atom. The van der Waals surface area contributed by atoms with Gasteiger partial charge >= 0.3 is 0 Å². The number of benzene rings is 1. The normalized spacial score (nSPS) is 16.2. The van der Waals surface area contributed by atoms with E-state index in [1.54, 1.807) is 7.05 Å². The molecule has 9 heteroatoms. The molecule has 3 aromatic rings. The van der Waals surface area contributed by atoms with Gasteiger partial charge in [-0.2, -0.15) is 0 Å². The summed E-state index contributed by atoms with van der Waals surface area (Å²) in [5.41, 5.74) is 1.94. The molecule has 1 atom stereocenters. The van der Waals surface area contributed by atoms with Gasteiger partial charge in [0.05, 0.1) is 19.3 Å². The van der Waals surface area contributed by atoms with Gasteiger partial charge in [0.1, 0.15) is 11.6 Å². The molecule has 0 aliphatic carbocycles. The van der Waals surface area contributed by atoms with Crippen molar-refractivity contribution in [1.82, 2.24) is 30.1 Å². The number of hydrogen-bond donors (Lipinski definition) is 2. The van der Waals surface area contributed by atoms with Crippen molar-refractivity contribution < 1.29 is 9.13 Å². The fourth-order valence-corrected chi connectivity index (χ4v) is 3.96. The van der Waals surface area contributed by atoms with Gasteiger partial charge < -0.3 is 15.4 Å². The lowest BCUT2D eigenvalue weighted by atomic mass is 10.0. The molecule has 0 amide bonds. The lowest BCUT2D eigenvalue weighted by Gasteiger charge is -2.35. The van der Waals surface area contributed by atoms with E-state index in [1.165, 1.54) is 12.1 Å². The number of halogens is 1. The first-order valence-corrected chi connectivity index (χ1v) is 11.0. The van der Waals surface area contributed by atoms with Crippen LogP contribution < -0.4 is 10.6 Å². The highest BCUT2D eigenvalue weighted by Gasteiger charge is 2.23. The standard InChI is InChI=1S/C23H30FN7O/c1-25-23(26-11-4-6-22-29-28-21-5-2-3-12-31(21)22)27-17-20(30-13-15-32-16-14-30)18-7-9-19(24)10-8-18/h2-3,5,7-10,12,20H,4,6,11,13-17H2,1H3,(H2,25,26,27). The third-order valence-electron chi connectivity index (χ3n) is 5.68. The zero-order valence-corrected chi connectivity index (χ0v) is 18.4. The maximum Gasteiger partial charge on any atom is 0.191 e. The summed E-state index contributed by atoms with van der Waals surface area (Å²) < 4.78 is 21.0. The van der Waals surface area contributed by atoms with E-state index < -0.39 is 0 Å². The molecular weight excluding hydrogens is 409 g/mol. The average Bonchev–Trinajstić information content (AvgIpc) is 3.25. The molecule has 2 aromatic heterocycles. The topological polar surface area (TPSA) is 79.1 Å². The van der Waals surface area contributed by atoms with Gasteiger partial charge in [-0.25, -0.2) is 4.39 Å². The monoisotopic (exact) mass is 439 g/mol. The van der Waals surface area contributed by atoms with E-state index in [4.69, 9.17) is 4.74 Å².